The minimum absolute atomic E-state index is 0.0187. The van der Waals surface area contributed by atoms with Crippen LogP contribution in [0.2, 0.25) is 0 Å². The topological polar surface area (TPSA) is 33.2 Å². The van der Waals surface area contributed by atoms with E-state index >= 15 is 0 Å². The van der Waals surface area contributed by atoms with Crippen LogP contribution in [0.1, 0.15) is 29.8 Å². The van der Waals surface area contributed by atoms with Crippen molar-refractivity contribution in [3.05, 3.63) is 36.5 Å². The van der Waals surface area contributed by atoms with Gasteiger partial charge in [-0.25, -0.2) is 0 Å². The summed E-state index contributed by atoms with van der Waals surface area (Å²) in [6, 6.07) is 1.65. The Morgan fingerprint density at radius 2 is 2.07 bits per heavy atom. The van der Waals surface area contributed by atoms with Gasteiger partial charge in [0.15, 0.2) is 0 Å². The van der Waals surface area contributed by atoms with E-state index in [2.05, 4.69) is 4.98 Å². The smallest absolute Gasteiger partial charge is 0.255 e. The van der Waals surface area contributed by atoms with Gasteiger partial charge in [0.25, 0.3) is 5.91 Å². The lowest BCUT2D eigenvalue weighted by Crippen LogP contribution is -2.30. The SMILES string of the molecule is [CH]c1cncc(C(=O)N(CC)CC)c1. The average Bonchev–Trinajstić information content (AvgIpc) is 2.19. The van der Waals surface area contributed by atoms with Gasteiger partial charge >= 0.3 is 0 Å². The minimum Gasteiger partial charge on any atom is -0.339 e. The van der Waals surface area contributed by atoms with Crippen molar-refractivity contribution in [2.75, 3.05) is 13.1 Å². The predicted octanol–water partition coefficient (Wildman–Crippen LogP) is 1.62. The van der Waals surface area contributed by atoms with Gasteiger partial charge in [0.05, 0.1) is 5.56 Å². The van der Waals surface area contributed by atoms with Gasteiger partial charge in [0.2, 0.25) is 0 Å². The molecule has 0 atom stereocenters. The molecule has 0 unspecified atom stereocenters. The van der Waals surface area contributed by atoms with Crippen LogP contribution in [0.25, 0.3) is 0 Å². The molecule has 1 heterocycles. The highest BCUT2D eigenvalue weighted by atomic mass is 16.2. The van der Waals surface area contributed by atoms with E-state index in [0.717, 1.165) is 0 Å². The standard InChI is InChI=1S/C11H14N2O/c1-4-13(5-2)11(14)10-6-9(3)7-12-8-10/h3,6-8H,4-5H2,1-2H3. The quantitative estimate of drug-likeness (QED) is 0.725. The van der Waals surface area contributed by atoms with Gasteiger partial charge in [-0.1, -0.05) is 0 Å². The monoisotopic (exact) mass is 190 g/mol. The van der Waals surface area contributed by atoms with Gasteiger partial charge in [-0.3, -0.25) is 9.78 Å². The molecule has 0 aliphatic heterocycles. The Morgan fingerprint density at radius 1 is 1.43 bits per heavy atom. The van der Waals surface area contributed by atoms with Crippen molar-refractivity contribution in [2.24, 2.45) is 0 Å². The largest absolute Gasteiger partial charge is 0.339 e. The number of amides is 1. The third-order valence-corrected chi connectivity index (χ3v) is 2.06. The molecule has 2 radical (unpaired) electrons. The van der Waals surface area contributed by atoms with E-state index < -0.39 is 0 Å². The van der Waals surface area contributed by atoms with Crippen molar-refractivity contribution >= 4 is 5.91 Å². The molecule has 3 heteroatoms. The summed E-state index contributed by atoms with van der Waals surface area (Å²) in [4.78, 5) is 17.4. The molecule has 14 heavy (non-hydrogen) atoms. The third kappa shape index (κ3) is 2.31. The summed E-state index contributed by atoms with van der Waals surface area (Å²) in [7, 11) is 0. The number of rotatable bonds is 3. The first-order valence-electron chi connectivity index (χ1n) is 4.68. The molecular formula is C11H14N2O. The molecule has 1 amide bonds. The Morgan fingerprint density at radius 3 is 2.57 bits per heavy atom. The van der Waals surface area contributed by atoms with Crippen LogP contribution in [-0.4, -0.2) is 28.9 Å². The fourth-order valence-corrected chi connectivity index (χ4v) is 1.27. The number of carbonyl (C=O) groups excluding carboxylic acids is 1. The predicted molar refractivity (Wildman–Crippen MR) is 54.9 cm³/mol. The lowest BCUT2D eigenvalue weighted by molar-refractivity contribution is 0.0772. The molecule has 1 rings (SSSR count). The zero-order chi connectivity index (χ0) is 10.6. The summed E-state index contributed by atoms with van der Waals surface area (Å²) >= 11 is 0. The molecule has 3 nitrogen and oxygen atoms in total. The molecule has 0 bridgehead atoms. The van der Waals surface area contributed by atoms with Crippen molar-refractivity contribution < 1.29 is 4.79 Å². The molecule has 0 saturated carbocycles. The first-order chi connectivity index (χ1) is 6.69. The van der Waals surface area contributed by atoms with E-state index in [0.29, 0.717) is 24.2 Å². The Kier molecular flexibility index (Phi) is 3.63. The summed E-state index contributed by atoms with van der Waals surface area (Å²) in [6.07, 6.45) is 3.07. The summed E-state index contributed by atoms with van der Waals surface area (Å²) < 4.78 is 0. The first kappa shape index (κ1) is 10.7. The van der Waals surface area contributed by atoms with Crippen LogP contribution < -0.4 is 0 Å². The van der Waals surface area contributed by atoms with Crippen LogP contribution in [0, 0.1) is 6.92 Å². The second kappa shape index (κ2) is 4.74. The van der Waals surface area contributed by atoms with E-state index in [-0.39, 0.29) is 5.91 Å². The number of hydrogen-bond donors (Lipinski definition) is 0. The first-order valence-corrected chi connectivity index (χ1v) is 4.68. The van der Waals surface area contributed by atoms with Crippen LogP contribution in [-0.2, 0) is 0 Å². The van der Waals surface area contributed by atoms with E-state index in [9.17, 15) is 4.79 Å². The summed E-state index contributed by atoms with van der Waals surface area (Å²) in [5, 5.41) is 0. The summed E-state index contributed by atoms with van der Waals surface area (Å²) in [6.45, 7) is 10.8. The zero-order valence-corrected chi connectivity index (χ0v) is 8.53. The zero-order valence-electron chi connectivity index (χ0n) is 8.53. The number of carbonyl (C=O) groups is 1. The van der Waals surface area contributed by atoms with E-state index in [1.807, 2.05) is 13.8 Å². The Hall–Kier alpha value is -1.38. The fourth-order valence-electron chi connectivity index (χ4n) is 1.27. The molecule has 74 valence electrons. The Labute approximate surface area is 84.8 Å². The van der Waals surface area contributed by atoms with Crippen molar-refractivity contribution in [1.82, 2.24) is 9.88 Å². The molecular weight excluding hydrogens is 176 g/mol. The minimum atomic E-state index is -0.0187. The molecule has 1 aromatic heterocycles. The number of hydrogen-bond acceptors (Lipinski definition) is 2. The van der Waals surface area contributed by atoms with Crippen LogP contribution >= 0.6 is 0 Å². The highest BCUT2D eigenvalue weighted by molar-refractivity contribution is 5.94. The van der Waals surface area contributed by atoms with Crippen LogP contribution in [0.5, 0.6) is 0 Å². The average molecular weight is 190 g/mol. The molecule has 0 spiro atoms. The lowest BCUT2D eigenvalue weighted by Gasteiger charge is -2.18. The third-order valence-electron chi connectivity index (χ3n) is 2.06. The van der Waals surface area contributed by atoms with Gasteiger partial charge in [-0.2, -0.15) is 0 Å². The second-order valence-corrected chi connectivity index (χ2v) is 2.98. The maximum absolute atomic E-state index is 11.8. The molecule has 1 aromatic rings. The number of nitrogens with zero attached hydrogens (tertiary/aromatic N) is 2. The summed E-state index contributed by atoms with van der Waals surface area (Å²) in [5.74, 6) is -0.0187. The van der Waals surface area contributed by atoms with Gasteiger partial charge < -0.3 is 4.90 Å². The Bertz CT molecular complexity index is 319. The molecule has 0 fully saturated rings. The highest BCUT2D eigenvalue weighted by Gasteiger charge is 2.12. The van der Waals surface area contributed by atoms with Gasteiger partial charge in [0.1, 0.15) is 0 Å². The van der Waals surface area contributed by atoms with Gasteiger partial charge in [-0.15, -0.1) is 0 Å². The number of aromatic nitrogens is 1. The fraction of sp³-hybridized carbons (Fsp3) is 0.364. The van der Waals surface area contributed by atoms with Crippen LogP contribution in [0.15, 0.2) is 18.5 Å². The normalized spacial score (nSPS) is 9.93. The van der Waals surface area contributed by atoms with Gasteiger partial charge in [-0.05, 0) is 25.5 Å². The van der Waals surface area contributed by atoms with Crippen molar-refractivity contribution in [3.8, 4) is 0 Å². The highest BCUT2D eigenvalue weighted by Crippen LogP contribution is 2.05. The van der Waals surface area contributed by atoms with E-state index in [4.69, 9.17) is 6.92 Å². The van der Waals surface area contributed by atoms with Crippen molar-refractivity contribution in [3.63, 3.8) is 0 Å². The van der Waals surface area contributed by atoms with Crippen molar-refractivity contribution in [2.45, 2.75) is 13.8 Å². The second-order valence-electron chi connectivity index (χ2n) is 2.98. The van der Waals surface area contributed by atoms with Crippen molar-refractivity contribution in [1.29, 1.82) is 0 Å². The summed E-state index contributed by atoms with van der Waals surface area (Å²) in [5.41, 5.74) is 1.07. The molecule has 0 N–H and O–H groups in total. The van der Waals surface area contributed by atoms with E-state index in [1.54, 1.807) is 11.0 Å². The maximum Gasteiger partial charge on any atom is 0.255 e. The maximum atomic E-state index is 11.8. The number of pyridine rings is 1. The molecule has 0 saturated heterocycles. The molecule has 0 aliphatic carbocycles. The molecule has 0 aromatic carbocycles. The van der Waals surface area contributed by atoms with Crippen LogP contribution in [0.4, 0.5) is 0 Å². The lowest BCUT2D eigenvalue weighted by atomic mass is 10.2. The van der Waals surface area contributed by atoms with Crippen LogP contribution in [0.3, 0.4) is 0 Å². The molecule has 0 aliphatic rings. The Balaban J connectivity index is 2.88. The van der Waals surface area contributed by atoms with Gasteiger partial charge in [0, 0.05) is 32.4 Å². The van der Waals surface area contributed by atoms with E-state index in [1.165, 1.54) is 12.4 Å².